The molecule has 1 rings (SSSR count). The van der Waals surface area contributed by atoms with Gasteiger partial charge in [-0.15, -0.1) is 0 Å². The number of hydrogen-bond acceptors (Lipinski definition) is 3. The lowest BCUT2D eigenvalue weighted by Gasteiger charge is -2.17. The molecule has 1 unspecified atom stereocenters. The Labute approximate surface area is 108 Å². The molecule has 1 aromatic rings. The summed E-state index contributed by atoms with van der Waals surface area (Å²) in [6.45, 7) is 5.54. The molecule has 0 aromatic carbocycles. The Morgan fingerprint density at radius 2 is 2.06 bits per heavy atom. The van der Waals surface area contributed by atoms with Crippen molar-refractivity contribution in [1.82, 2.24) is 4.98 Å². The van der Waals surface area contributed by atoms with Gasteiger partial charge in [-0.05, 0) is 26.8 Å². The summed E-state index contributed by atoms with van der Waals surface area (Å²) in [5.41, 5.74) is 0.562. The van der Waals surface area contributed by atoms with Crippen LogP contribution in [0.5, 0.6) is 0 Å². The van der Waals surface area contributed by atoms with Crippen LogP contribution in [0.2, 0.25) is 10.2 Å². The van der Waals surface area contributed by atoms with E-state index in [0.717, 1.165) is 0 Å². The first-order chi connectivity index (χ1) is 7.30. The van der Waals surface area contributed by atoms with Crippen LogP contribution in [-0.4, -0.2) is 20.5 Å². The van der Waals surface area contributed by atoms with Gasteiger partial charge in [-0.1, -0.05) is 27.6 Å². The van der Waals surface area contributed by atoms with E-state index in [-0.39, 0.29) is 0 Å². The fourth-order valence-corrected chi connectivity index (χ4v) is 1.64. The van der Waals surface area contributed by atoms with Gasteiger partial charge in [0.25, 0.3) is 0 Å². The molecule has 0 radical (unpaired) electrons. The summed E-state index contributed by atoms with van der Waals surface area (Å²) < 4.78 is 15.2. The maximum atomic E-state index is 11.7. The van der Waals surface area contributed by atoms with Gasteiger partial charge in [0.1, 0.15) is 21.3 Å². The van der Waals surface area contributed by atoms with E-state index in [9.17, 15) is 4.55 Å². The van der Waals surface area contributed by atoms with Crippen molar-refractivity contribution in [3.63, 3.8) is 0 Å². The summed E-state index contributed by atoms with van der Waals surface area (Å²) in [4.78, 5) is 3.86. The lowest BCUT2D eigenvalue weighted by molar-refractivity contribution is 0.562. The van der Waals surface area contributed by atoms with E-state index in [4.69, 9.17) is 23.2 Å². The zero-order valence-corrected chi connectivity index (χ0v) is 11.5. The highest BCUT2D eigenvalue weighted by molar-refractivity contribution is 7.91. The third kappa shape index (κ3) is 3.94. The molecule has 0 aliphatic heterocycles. The highest BCUT2D eigenvalue weighted by atomic mass is 35.5. The quantitative estimate of drug-likeness (QED) is 0.474. The van der Waals surface area contributed by atoms with Gasteiger partial charge in [-0.3, -0.25) is 0 Å². The number of halogens is 2. The van der Waals surface area contributed by atoms with Crippen LogP contribution in [0.4, 0.5) is 0 Å². The molecule has 0 aliphatic carbocycles. The van der Waals surface area contributed by atoms with Gasteiger partial charge in [0.2, 0.25) is 0 Å². The van der Waals surface area contributed by atoms with E-state index in [1.807, 2.05) is 20.8 Å². The van der Waals surface area contributed by atoms with Gasteiger partial charge in [0.15, 0.2) is 0 Å². The van der Waals surface area contributed by atoms with Crippen LogP contribution < -0.4 is 0 Å². The Bertz CT molecular complexity index is 404. The molecule has 1 heterocycles. The first kappa shape index (κ1) is 13.8. The molecule has 0 saturated heterocycles. The van der Waals surface area contributed by atoms with Crippen LogP contribution in [0.15, 0.2) is 16.7 Å². The zero-order valence-electron chi connectivity index (χ0n) is 9.20. The normalized spacial score (nSPS) is 14.4. The molecule has 0 fully saturated rings. The topological polar surface area (TPSA) is 48.3 Å². The summed E-state index contributed by atoms with van der Waals surface area (Å²) in [5.74, 6) is 0. The van der Waals surface area contributed by atoms with E-state index in [1.165, 1.54) is 12.4 Å². The molecule has 0 bridgehead atoms. The Morgan fingerprint density at radius 1 is 1.44 bits per heavy atom. The third-order valence-electron chi connectivity index (χ3n) is 1.64. The number of rotatable bonds is 2. The minimum atomic E-state index is -1.31. The molecule has 88 valence electrons. The Balaban J connectivity index is 2.88. The predicted molar refractivity (Wildman–Crippen MR) is 69.7 cm³/mol. The summed E-state index contributed by atoms with van der Waals surface area (Å²) in [6.07, 6.45) is 2.88. The Hall–Kier alpha value is -0.290. The lowest BCUT2D eigenvalue weighted by atomic mass is 10.3. The van der Waals surface area contributed by atoms with Crippen molar-refractivity contribution in [3.8, 4) is 0 Å². The van der Waals surface area contributed by atoms with E-state index < -0.39 is 16.1 Å². The Kier molecular flexibility index (Phi) is 4.62. The molecular weight excluding hydrogens is 267 g/mol. The Morgan fingerprint density at radius 3 is 2.62 bits per heavy atom. The zero-order chi connectivity index (χ0) is 12.3. The average molecular weight is 279 g/mol. The highest BCUT2D eigenvalue weighted by Gasteiger charge is 2.25. The molecule has 0 aliphatic rings. The molecule has 1 atom stereocenters. The minimum Gasteiger partial charge on any atom is -0.591 e. The van der Waals surface area contributed by atoms with Crippen molar-refractivity contribution in [2.45, 2.75) is 25.5 Å². The fourth-order valence-electron chi connectivity index (χ4n) is 0.792. The molecule has 16 heavy (non-hydrogen) atoms. The molecule has 0 spiro atoms. The second kappa shape index (κ2) is 5.36. The fraction of sp³-hybridized carbons (Fsp3) is 0.400. The molecule has 0 N–H and O–H groups in total. The molecule has 1 aromatic heterocycles. The summed E-state index contributed by atoms with van der Waals surface area (Å²) >= 11 is 10.3. The van der Waals surface area contributed by atoms with Gasteiger partial charge in [0.05, 0.1) is 11.2 Å². The maximum absolute atomic E-state index is 11.7. The maximum Gasteiger partial charge on any atom is 0.144 e. The molecule has 3 nitrogen and oxygen atoms in total. The monoisotopic (exact) mass is 278 g/mol. The largest absolute Gasteiger partial charge is 0.591 e. The minimum absolute atomic E-state index is 0.291. The third-order valence-corrected chi connectivity index (χ3v) is 3.51. The average Bonchev–Trinajstić information content (AvgIpc) is 2.17. The predicted octanol–water partition coefficient (Wildman–Crippen LogP) is 3.27. The van der Waals surface area contributed by atoms with Crippen LogP contribution in [0.25, 0.3) is 0 Å². The van der Waals surface area contributed by atoms with E-state index in [1.54, 1.807) is 6.07 Å². The van der Waals surface area contributed by atoms with Crippen LogP contribution in [0, 0.1) is 0 Å². The first-order valence-corrected chi connectivity index (χ1v) is 6.44. The van der Waals surface area contributed by atoms with Crippen molar-refractivity contribution < 1.29 is 4.55 Å². The number of nitrogens with zero attached hydrogens (tertiary/aromatic N) is 2. The summed E-state index contributed by atoms with van der Waals surface area (Å²) in [5, 5.41) is 0.756. The number of hydrogen-bond donors (Lipinski definition) is 0. The standard InChI is InChI=1S/C10H12Cl2N2OS/c1-10(2,3)16(15)14-5-7-4-8(11)6-13-9(7)12/h4-6H,1-3H3. The van der Waals surface area contributed by atoms with Gasteiger partial charge < -0.3 is 4.55 Å². The second-order valence-corrected chi connectivity index (χ2v) is 6.86. The van der Waals surface area contributed by atoms with E-state index in [2.05, 4.69) is 9.38 Å². The van der Waals surface area contributed by atoms with E-state index >= 15 is 0 Å². The van der Waals surface area contributed by atoms with Crippen molar-refractivity contribution in [2.24, 2.45) is 4.40 Å². The van der Waals surface area contributed by atoms with Crippen molar-refractivity contribution in [1.29, 1.82) is 0 Å². The first-order valence-electron chi connectivity index (χ1n) is 4.58. The summed E-state index contributed by atoms with van der Waals surface area (Å²) in [7, 11) is 0. The molecule has 0 amide bonds. The summed E-state index contributed by atoms with van der Waals surface area (Å²) in [6, 6.07) is 1.63. The van der Waals surface area contributed by atoms with Crippen LogP contribution in [0.1, 0.15) is 26.3 Å². The molecule has 6 heteroatoms. The van der Waals surface area contributed by atoms with Crippen molar-refractivity contribution in [2.75, 3.05) is 0 Å². The van der Waals surface area contributed by atoms with E-state index in [0.29, 0.717) is 15.7 Å². The SMILES string of the molecule is CC(C)(C)[S+]([O-])N=Cc1cc(Cl)cnc1Cl. The van der Waals surface area contributed by atoms with Crippen LogP contribution in [0.3, 0.4) is 0 Å². The number of pyridine rings is 1. The lowest BCUT2D eigenvalue weighted by Crippen LogP contribution is -2.25. The van der Waals surface area contributed by atoms with Crippen molar-refractivity contribution in [3.05, 3.63) is 28.0 Å². The van der Waals surface area contributed by atoms with Gasteiger partial charge in [-0.2, -0.15) is 0 Å². The van der Waals surface area contributed by atoms with Gasteiger partial charge in [-0.25, -0.2) is 4.98 Å². The second-order valence-electron chi connectivity index (χ2n) is 4.13. The van der Waals surface area contributed by atoms with Crippen LogP contribution >= 0.6 is 23.2 Å². The molecule has 0 saturated carbocycles. The smallest absolute Gasteiger partial charge is 0.144 e. The van der Waals surface area contributed by atoms with Gasteiger partial charge >= 0.3 is 0 Å². The van der Waals surface area contributed by atoms with Gasteiger partial charge in [0, 0.05) is 11.8 Å². The number of aromatic nitrogens is 1. The highest BCUT2D eigenvalue weighted by Crippen LogP contribution is 2.19. The van der Waals surface area contributed by atoms with Crippen molar-refractivity contribution >= 4 is 40.8 Å². The molecular formula is C10H12Cl2N2OS. The van der Waals surface area contributed by atoms with Crippen LogP contribution in [-0.2, 0) is 11.4 Å².